The third-order valence-electron chi connectivity index (χ3n) is 6.15. The number of piperidine rings is 1. The molecule has 2 aromatic rings. The number of hydrogen-bond acceptors (Lipinski definition) is 6. The molecular formula is C24H32N4O5S. The standard InChI is InChI=1S/C24H32N4O5S/c1-17-6-5-13-26(15-17)21-11-8-20(9-12-21)19(3)25-24(29)16-27(34(4,32)33)23-14-22(28(30)31)10-7-18(23)2/h7-12,14,17,19H,5-6,13,15-16H2,1-4H3,(H,25,29). The second kappa shape index (κ2) is 10.4. The maximum absolute atomic E-state index is 12.8. The SMILES string of the molecule is Cc1ccc([N+](=O)[O-])cc1N(CC(=O)NC(C)c1ccc(N2CCCC(C)C2)cc1)S(C)(=O)=O. The summed E-state index contributed by atoms with van der Waals surface area (Å²) in [6, 6.07) is 11.6. The average Bonchev–Trinajstić information content (AvgIpc) is 2.77. The third kappa shape index (κ3) is 6.25. The van der Waals surface area contributed by atoms with Crippen molar-refractivity contribution in [3.05, 3.63) is 63.7 Å². The van der Waals surface area contributed by atoms with Crippen molar-refractivity contribution in [3.63, 3.8) is 0 Å². The number of rotatable bonds is 8. The van der Waals surface area contributed by atoms with E-state index < -0.39 is 27.4 Å². The van der Waals surface area contributed by atoms with E-state index in [4.69, 9.17) is 0 Å². The minimum Gasteiger partial charge on any atom is -0.371 e. The van der Waals surface area contributed by atoms with Gasteiger partial charge in [-0.05, 0) is 55.9 Å². The first-order valence-electron chi connectivity index (χ1n) is 11.3. The number of carbonyl (C=O) groups is 1. The van der Waals surface area contributed by atoms with E-state index in [1.165, 1.54) is 31.0 Å². The van der Waals surface area contributed by atoms with Crippen LogP contribution in [0, 0.1) is 23.0 Å². The molecule has 2 aromatic carbocycles. The highest BCUT2D eigenvalue weighted by Crippen LogP contribution is 2.28. The minimum atomic E-state index is -3.86. The second-order valence-electron chi connectivity index (χ2n) is 9.07. The summed E-state index contributed by atoms with van der Waals surface area (Å²) in [5, 5.41) is 14.0. The van der Waals surface area contributed by atoms with Gasteiger partial charge in [0.25, 0.3) is 5.69 Å². The number of non-ortho nitro benzene ring substituents is 1. The Morgan fingerprint density at radius 1 is 1.26 bits per heavy atom. The van der Waals surface area contributed by atoms with E-state index in [0.717, 1.165) is 34.9 Å². The van der Waals surface area contributed by atoms with Gasteiger partial charge in [-0.25, -0.2) is 8.42 Å². The van der Waals surface area contributed by atoms with Crippen LogP contribution >= 0.6 is 0 Å². The van der Waals surface area contributed by atoms with E-state index in [9.17, 15) is 23.3 Å². The van der Waals surface area contributed by atoms with E-state index >= 15 is 0 Å². The molecule has 1 fully saturated rings. The number of nitro benzene ring substituents is 1. The lowest BCUT2D eigenvalue weighted by atomic mass is 9.99. The highest BCUT2D eigenvalue weighted by Gasteiger charge is 2.25. The summed E-state index contributed by atoms with van der Waals surface area (Å²) < 4.78 is 25.8. The molecule has 9 nitrogen and oxygen atoms in total. The number of nitrogens with one attached hydrogen (secondary N) is 1. The van der Waals surface area contributed by atoms with Gasteiger partial charge in [0.2, 0.25) is 15.9 Å². The first kappa shape index (κ1) is 25.5. The monoisotopic (exact) mass is 488 g/mol. The number of aryl methyl sites for hydroxylation is 1. The minimum absolute atomic E-state index is 0.111. The van der Waals surface area contributed by atoms with E-state index in [0.29, 0.717) is 11.5 Å². The smallest absolute Gasteiger partial charge is 0.271 e. The Bertz CT molecular complexity index is 1150. The van der Waals surface area contributed by atoms with Gasteiger partial charge in [0, 0.05) is 30.9 Å². The van der Waals surface area contributed by atoms with Crippen LogP contribution in [0.1, 0.15) is 43.9 Å². The number of nitro groups is 1. The Morgan fingerprint density at radius 3 is 2.53 bits per heavy atom. The van der Waals surface area contributed by atoms with Crippen LogP contribution in [0.25, 0.3) is 0 Å². The number of benzene rings is 2. The highest BCUT2D eigenvalue weighted by atomic mass is 32.2. The van der Waals surface area contributed by atoms with Crippen LogP contribution in [-0.2, 0) is 14.8 Å². The zero-order valence-electron chi connectivity index (χ0n) is 20.0. The summed E-state index contributed by atoms with van der Waals surface area (Å²) in [5.74, 6) is 0.164. The van der Waals surface area contributed by atoms with Crippen LogP contribution in [0.15, 0.2) is 42.5 Å². The maximum Gasteiger partial charge on any atom is 0.271 e. The van der Waals surface area contributed by atoms with Crippen molar-refractivity contribution >= 4 is 33.0 Å². The fraction of sp³-hybridized carbons (Fsp3) is 0.458. The molecule has 0 aromatic heterocycles. The molecule has 3 rings (SSSR count). The summed E-state index contributed by atoms with van der Waals surface area (Å²) in [4.78, 5) is 25.7. The molecule has 0 bridgehead atoms. The molecule has 0 saturated carbocycles. The molecule has 2 unspecified atom stereocenters. The van der Waals surface area contributed by atoms with Crippen molar-refractivity contribution in [1.29, 1.82) is 0 Å². The van der Waals surface area contributed by atoms with Gasteiger partial charge in [0.1, 0.15) is 6.54 Å². The van der Waals surface area contributed by atoms with E-state index in [2.05, 4.69) is 17.1 Å². The quantitative estimate of drug-likeness (QED) is 0.447. The van der Waals surface area contributed by atoms with Gasteiger partial charge in [-0.3, -0.25) is 19.2 Å². The van der Waals surface area contributed by atoms with Crippen LogP contribution in [0.2, 0.25) is 0 Å². The van der Waals surface area contributed by atoms with Crippen molar-refractivity contribution in [2.75, 3.05) is 35.1 Å². The van der Waals surface area contributed by atoms with Crippen molar-refractivity contribution in [2.24, 2.45) is 5.92 Å². The Balaban J connectivity index is 1.71. The van der Waals surface area contributed by atoms with Crippen molar-refractivity contribution in [3.8, 4) is 0 Å². The number of amides is 1. The fourth-order valence-corrected chi connectivity index (χ4v) is 5.17. The molecule has 1 N–H and O–H groups in total. The van der Waals surface area contributed by atoms with Crippen LogP contribution in [0.3, 0.4) is 0 Å². The van der Waals surface area contributed by atoms with Gasteiger partial charge in [-0.15, -0.1) is 0 Å². The molecule has 1 heterocycles. The summed E-state index contributed by atoms with van der Waals surface area (Å²) in [5.41, 5.74) is 2.43. The van der Waals surface area contributed by atoms with Crippen molar-refractivity contribution in [1.82, 2.24) is 5.32 Å². The molecule has 34 heavy (non-hydrogen) atoms. The highest BCUT2D eigenvalue weighted by molar-refractivity contribution is 7.92. The molecule has 184 valence electrons. The molecule has 1 aliphatic heterocycles. The molecule has 0 radical (unpaired) electrons. The lowest BCUT2D eigenvalue weighted by Crippen LogP contribution is -2.41. The molecular weight excluding hydrogens is 456 g/mol. The van der Waals surface area contributed by atoms with E-state index in [-0.39, 0.29) is 17.4 Å². The summed E-state index contributed by atoms with van der Waals surface area (Å²) in [6.45, 7) is 7.32. The lowest BCUT2D eigenvalue weighted by molar-refractivity contribution is -0.384. The Kier molecular flexibility index (Phi) is 7.81. The predicted octanol–water partition coefficient (Wildman–Crippen LogP) is 3.78. The summed E-state index contributed by atoms with van der Waals surface area (Å²) in [6.07, 6.45) is 3.40. The lowest BCUT2D eigenvalue weighted by Gasteiger charge is -2.33. The van der Waals surface area contributed by atoms with Crippen LogP contribution in [0.5, 0.6) is 0 Å². The molecule has 1 saturated heterocycles. The number of anilines is 2. The van der Waals surface area contributed by atoms with Crippen LogP contribution in [0.4, 0.5) is 17.1 Å². The van der Waals surface area contributed by atoms with Crippen LogP contribution in [-0.4, -0.2) is 45.1 Å². The number of sulfonamides is 1. The normalized spacial score (nSPS) is 17.2. The largest absolute Gasteiger partial charge is 0.371 e. The number of carbonyl (C=O) groups excluding carboxylic acids is 1. The number of nitrogens with zero attached hydrogens (tertiary/aromatic N) is 3. The van der Waals surface area contributed by atoms with Gasteiger partial charge < -0.3 is 10.2 Å². The fourth-order valence-electron chi connectivity index (χ4n) is 4.26. The topological polar surface area (TPSA) is 113 Å². The maximum atomic E-state index is 12.8. The first-order chi connectivity index (χ1) is 16.0. The average molecular weight is 489 g/mol. The molecule has 0 spiro atoms. The van der Waals surface area contributed by atoms with E-state index in [1.807, 2.05) is 31.2 Å². The first-order valence-corrected chi connectivity index (χ1v) is 13.2. The van der Waals surface area contributed by atoms with E-state index in [1.54, 1.807) is 6.92 Å². The van der Waals surface area contributed by atoms with Gasteiger partial charge >= 0.3 is 0 Å². The number of hydrogen-bond donors (Lipinski definition) is 1. The van der Waals surface area contributed by atoms with Gasteiger partial charge in [-0.2, -0.15) is 0 Å². The summed E-state index contributed by atoms with van der Waals surface area (Å²) in [7, 11) is -3.86. The van der Waals surface area contributed by atoms with Crippen LogP contribution < -0.4 is 14.5 Å². The zero-order chi connectivity index (χ0) is 25.0. The molecule has 0 aliphatic carbocycles. The third-order valence-corrected chi connectivity index (χ3v) is 7.28. The van der Waals surface area contributed by atoms with Crippen molar-refractivity contribution < 1.29 is 18.1 Å². The Labute approximate surface area is 201 Å². The zero-order valence-corrected chi connectivity index (χ0v) is 20.8. The van der Waals surface area contributed by atoms with Crippen molar-refractivity contribution in [2.45, 2.75) is 39.7 Å². The second-order valence-corrected chi connectivity index (χ2v) is 11.0. The molecule has 1 amide bonds. The van der Waals surface area contributed by atoms with Gasteiger partial charge in [-0.1, -0.05) is 25.1 Å². The Morgan fingerprint density at radius 2 is 1.94 bits per heavy atom. The molecule has 1 aliphatic rings. The predicted molar refractivity (Wildman–Crippen MR) is 134 cm³/mol. The summed E-state index contributed by atoms with van der Waals surface area (Å²) >= 11 is 0. The van der Waals surface area contributed by atoms with Gasteiger partial charge in [0.05, 0.1) is 22.9 Å². The molecule has 2 atom stereocenters. The Hall–Kier alpha value is -3.14. The van der Waals surface area contributed by atoms with Gasteiger partial charge in [0.15, 0.2) is 0 Å². The molecule has 10 heteroatoms.